The molecule has 0 aliphatic rings. The van der Waals surface area contributed by atoms with Crippen LogP contribution in [0, 0.1) is 0 Å². The molecule has 6 heteroatoms. The maximum Gasteiger partial charge on any atom is 0.379 e. The van der Waals surface area contributed by atoms with Gasteiger partial charge in [0.25, 0.3) is 0 Å². The second kappa shape index (κ2) is 13.0. The van der Waals surface area contributed by atoms with Crippen molar-refractivity contribution < 1.29 is 13.6 Å². The lowest BCUT2D eigenvalue weighted by Gasteiger charge is -2.28. The minimum absolute atomic E-state index is 0.352. The molecule has 1 aromatic heterocycles. The van der Waals surface area contributed by atoms with E-state index in [4.69, 9.17) is 9.05 Å². The first-order valence-electron chi connectivity index (χ1n) is 10.7. The topological polar surface area (TPSA) is 48.4 Å². The SMILES string of the molecule is CCCC[P+](CCCC)(CCCC)c1ccnc(P(=O)(OCC)OCC)c1. The molecule has 0 saturated carbocycles. The summed E-state index contributed by atoms with van der Waals surface area (Å²) in [5.74, 6) is 0. The zero-order chi connectivity index (χ0) is 20.2. The quantitative estimate of drug-likeness (QED) is 0.328. The summed E-state index contributed by atoms with van der Waals surface area (Å²) in [6, 6.07) is 4.22. The molecule has 0 bridgehead atoms. The van der Waals surface area contributed by atoms with Crippen molar-refractivity contribution in [3.63, 3.8) is 0 Å². The van der Waals surface area contributed by atoms with Crippen LogP contribution in [0.25, 0.3) is 0 Å². The van der Waals surface area contributed by atoms with E-state index in [1.165, 1.54) is 62.3 Å². The molecule has 1 aromatic rings. The fourth-order valence-corrected chi connectivity index (χ4v) is 10.1. The number of rotatable bonds is 15. The van der Waals surface area contributed by atoms with Crippen LogP contribution in [0.4, 0.5) is 0 Å². The Hall–Kier alpha value is -0.270. The Balaban J connectivity index is 3.36. The van der Waals surface area contributed by atoms with Gasteiger partial charge in [0.1, 0.15) is 0 Å². The smallest absolute Gasteiger partial charge is 0.304 e. The molecule has 0 atom stereocenters. The van der Waals surface area contributed by atoms with E-state index in [1.807, 2.05) is 20.0 Å². The standard InChI is InChI=1S/C21H40NO3P2/c1-6-11-16-26(17-12-7-2,18-13-8-3)20-14-15-22-21(19-20)27(23,24-9-4)25-10-5/h14-15,19H,6-13,16-18H2,1-5H3/q+1. The molecule has 0 aromatic carbocycles. The number of hydrogen-bond acceptors (Lipinski definition) is 4. The Morgan fingerprint density at radius 2 is 1.37 bits per heavy atom. The van der Waals surface area contributed by atoms with E-state index in [-0.39, 0.29) is 0 Å². The summed E-state index contributed by atoms with van der Waals surface area (Å²) in [6.45, 7) is 11.2. The van der Waals surface area contributed by atoms with E-state index in [1.54, 1.807) is 0 Å². The van der Waals surface area contributed by atoms with Gasteiger partial charge in [-0.1, -0.05) is 40.0 Å². The summed E-state index contributed by atoms with van der Waals surface area (Å²) < 4.78 is 24.3. The molecule has 0 saturated heterocycles. The molecule has 0 aliphatic heterocycles. The monoisotopic (exact) mass is 416 g/mol. The van der Waals surface area contributed by atoms with Gasteiger partial charge in [0.2, 0.25) is 0 Å². The fraction of sp³-hybridized carbons (Fsp3) is 0.762. The third kappa shape index (κ3) is 7.24. The third-order valence-electron chi connectivity index (χ3n) is 4.97. The van der Waals surface area contributed by atoms with E-state index in [0.717, 1.165) is 0 Å². The van der Waals surface area contributed by atoms with Gasteiger partial charge in [0.05, 0.1) is 37.0 Å². The largest absolute Gasteiger partial charge is 0.379 e. The highest BCUT2D eigenvalue weighted by atomic mass is 31.2. The van der Waals surface area contributed by atoms with Gasteiger partial charge in [0, 0.05) is 19.5 Å². The lowest BCUT2D eigenvalue weighted by atomic mass is 10.4. The molecule has 1 heterocycles. The average molecular weight is 417 g/mol. The Morgan fingerprint density at radius 1 is 0.889 bits per heavy atom. The fourth-order valence-electron chi connectivity index (χ4n) is 3.47. The number of unbranched alkanes of at least 4 members (excludes halogenated alkanes) is 3. The maximum atomic E-state index is 13.2. The molecular formula is C21H40NO3P2+. The van der Waals surface area contributed by atoms with Gasteiger partial charge in [-0.2, -0.15) is 0 Å². The summed E-state index contributed by atoms with van der Waals surface area (Å²) in [7, 11) is -4.64. The summed E-state index contributed by atoms with van der Waals surface area (Å²) >= 11 is 0. The lowest BCUT2D eigenvalue weighted by Crippen LogP contribution is -2.26. The van der Waals surface area contributed by atoms with Crippen LogP contribution < -0.4 is 10.7 Å². The van der Waals surface area contributed by atoms with Crippen LogP contribution in [0.2, 0.25) is 0 Å². The Bertz CT molecular complexity index is 549. The van der Waals surface area contributed by atoms with E-state index in [9.17, 15) is 4.57 Å². The molecule has 0 fully saturated rings. The van der Waals surface area contributed by atoms with Gasteiger partial charge in [-0.3, -0.25) is 4.57 Å². The second-order valence-electron chi connectivity index (χ2n) is 7.08. The van der Waals surface area contributed by atoms with Crippen molar-refractivity contribution >= 4 is 25.6 Å². The highest BCUT2D eigenvalue weighted by Crippen LogP contribution is 2.60. The molecular weight excluding hydrogens is 376 g/mol. The van der Waals surface area contributed by atoms with Gasteiger partial charge < -0.3 is 9.05 Å². The number of hydrogen-bond donors (Lipinski definition) is 0. The lowest BCUT2D eigenvalue weighted by molar-refractivity contribution is 0.229. The number of nitrogens with zero attached hydrogens (tertiary/aromatic N) is 1. The van der Waals surface area contributed by atoms with Crippen LogP contribution in [-0.4, -0.2) is 36.7 Å². The van der Waals surface area contributed by atoms with E-state index >= 15 is 0 Å². The van der Waals surface area contributed by atoms with Crippen molar-refractivity contribution in [1.29, 1.82) is 0 Å². The first-order chi connectivity index (χ1) is 13.0. The number of aromatic nitrogens is 1. The first-order valence-corrected chi connectivity index (χ1v) is 14.6. The van der Waals surface area contributed by atoms with Crippen molar-refractivity contribution in [2.75, 3.05) is 31.7 Å². The van der Waals surface area contributed by atoms with E-state index in [2.05, 4.69) is 37.9 Å². The average Bonchev–Trinajstić information content (AvgIpc) is 2.68. The van der Waals surface area contributed by atoms with Crippen molar-refractivity contribution in [3.8, 4) is 0 Å². The van der Waals surface area contributed by atoms with Crippen LogP contribution >= 0.6 is 14.9 Å². The predicted octanol–water partition coefficient (Wildman–Crippen LogP) is 6.02. The molecule has 1 rings (SSSR count). The van der Waals surface area contributed by atoms with Crippen LogP contribution in [0.3, 0.4) is 0 Å². The highest BCUT2D eigenvalue weighted by Gasteiger charge is 2.40. The predicted molar refractivity (Wildman–Crippen MR) is 121 cm³/mol. The molecule has 0 unspecified atom stereocenters. The van der Waals surface area contributed by atoms with Crippen LogP contribution in [0.1, 0.15) is 73.1 Å². The first kappa shape index (κ1) is 24.8. The van der Waals surface area contributed by atoms with Crippen LogP contribution in [-0.2, 0) is 13.6 Å². The molecule has 0 N–H and O–H groups in total. The molecule has 0 radical (unpaired) electrons. The van der Waals surface area contributed by atoms with Gasteiger partial charge in [0.15, 0.2) is 5.44 Å². The Labute approximate surface area is 167 Å². The molecule has 4 nitrogen and oxygen atoms in total. The zero-order valence-electron chi connectivity index (χ0n) is 18.1. The van der Waals surface area contributed by atoms with Crippen molar-refractivity contribution in [2.24, 2.45) is 0 Å². The normalized spacial score (nSPS) is 12.5. The summed E-state index contributed by atoms with van der Waals surface area (Å²) in [5, 5.41) is 1.36. The molecule has 156 valence electrons. The second-order valence-corrected chi connectivity index (χ2v) is 13.2. The van der Waals surface area contributed by atoms with E-state index < -0.39 is 14.9 Å². The summed E-state index contributed by atoms with van der Waals surface area (Å²) in [6.07, 6.45) is 13.1. The number of pyridine rings is 1. The summed E-state index contributed by atoms with van der Waals surface area (Å²) in [5.41, 5.74) is 0.484. The minimum atomic E-state index is -3.34. The highest BCUT2D eigenvalue weighted by molar-refractivity contribution is 7.83. The van der Waals surface area contributed by atoms with Gasteiger partial charge >= 0.3 is 7.60 Å². The van der Waals surface area contributed by atoms with Gasteiger partial charge in [-0.05, 0) is 39.2 Å². The molecule has 0 spiro atoms. The Kier molecular flexibility index (Phi) is 12.0. The van der Waals surface area contributed by atoms with Crippen LogP contribution in [0.15, 0.2) is 18.3 Å². The van der Waals surface area contributed by atoms with Crippen LogP contribution in [0.5, 0.6) is 0 Å². The minimum Gasteiger partial charge on any atom is -0.304 e. The molecule has 0 amide bonds. The Morgan fingerprint density at radius 3 is 1.78 bits per heavy atom. The van der Waals surface area contributed by atoms with Gasteiger partial charge in [-0.15, -0.1) is 0 Å². The van der Waals surface area contributed by atoms with E-state index in [0.29, 0.717) is 18.6 Å². The third-order valence-corrected chi connectivity index (χ3v) is 11.9. The summed E-state index contributed by atoms with van der Waals surface area (Å²) in [4.78, 5) is 4.41. The van der Waals surface area contributed by atoms with Crippen molar-refractivity contribution in [2.45, 2.75) is 73.1 Å². The maximum absolute atomic E-state index is 13.2. The zero-order valence-corrected chi connectivity index (χ0v) is 19.9. The van der Waals surface area contributed by atoms with Gasteiger partial charge in [-0.25, -0.2) is 4.98 Å². The molecule has 0 aliphatic carbocycles. The van der Waals surface area contributed by atoms with Crippen molar-refractivity contribution in [3.05, 3.63) is 18.3 Å². The van der Waals surface area contributed by atoms with Crippen molar-refractivity contribution in [1.82, 2.24) is 4.98 Å². The molecule has 27 heavy (non-hydrogen) atoms.